The Labute approximate surface area is 82.5 Å². The van der Waals surface area contributed by atoms with E-state index in [9.17, 15) is 13.2 Å². The second-order valence-corrected chi connectivity index (χ2v) is 3.66. The van der Waals surface area contributed by atoms with Gasteiger partial charge in [-0.25, -0.2) is 0 Å². The molecule has 0 radical (unpaired) electrons. The monoisotopic (exact) mass is 210 g/mol. The lowest BCUT2D eigenvalue weighted by Crippen LogP contribution is -2.43. The standard InChI is InChI=1S/C9H17F3N2/c10-9(11,12)3-1-2-6-14-7-4-13-5-8-14/h13H,1-8H2. The molecule has 0 aromatic heterocycles. The predicted octanol–water partition coefficient (Wildman–Crippen LogP) is 1.62. The van der Waals surface area contributed by atoms with Crippen LogP contribution in [-0.2, 0) is 0 Å². The molecule has 0 amide bonds. The van der Waals surface area contributed by atoms with Crippen molar-refractivity contribution >= 4 is 0 Å². The highest BCUT2D eigenvalue weighted by Gasteiger charge is 2.25. The molecule has 14 heavy (non-hydrogen) atoms. The molecule has 0 atom stereocenters. The highest BCUT2D eigenvalue weighted by Crippen LogP contribution is 2.22. The lowest BCUT2D eigenvalue weighted by Gasteiger charge is -2.27. The minimum absolute atomic E-state index is 0.257. The van der Waals surface area contributed by atoms with Crippen molar-refractivity contribution in [2.45, 2.75) is 25.4 Å². The average Bonchev–Trinajstić information content (AvgIpc) is 2.13. The van der Waals surface area contributed by atoms with Crippen molar-refractivity contribution in [3.63, 3.8) is 0 Å². The maximum Gasteiger partial charge on any atom is 0.389 e. The van der Waals surface area contributed by atoms with Crippen LogP contribution < -0.4 is 5.32 Å². The summed E-state index contributed by atoms with van der Waals surface area (Å²) in [6, 6.07) is 0. The molecule has 0 saturated carbocycles. The lowest BCUT2D eigenvalue weighted by atomic mass is 10.2. The zero-order valence-electron chi connectivity index (χ0n) is 8.24. The molecule has 1 rings (SSSR count). The molecule has 0 unspecified atom stereocenters. The molecule has 0 aromatic rings. The molecule has 1 saturated heterocycles. The zero-order chi connectivity index (χ0) is 10.4. The summed E-state index contributed by atoms with van der Waals surface area (Å²) >= 11 is 0. The second-order valence-electron chi connectivity index (χ2n) is 3.66. The van der Waals surface area contributed by atoms with Crippen molar-refractivity contribution < 1.29 is 13.2 Å². The first-order chi connectivity index (χ1) is 6.58. The summed E-state index contributed by atoms with van der Waals surface area (Å²) in [6.45, 7) is 4.65. The Morgan fingerprint density at radius 2 is 1.71 bits per heavy atom. The van der Waals surface area contributed by atoms with Crippen molar-refractivity contribution in [2.75, 3.05) is 32.7 Å². The number of rotatable bonds is 4. The van der Waals surface area contributed by atoms with Gasteiger partial charge in [-0.2, -0.15) is 13.2 Å². The summed E-state index contributed by atoms with van der Waals surface area (Å²) in [5.41, 5.74) is 0. The zero-order valence-corrected chi connectivity index (χ0v) is 8.24. The van der Waals surface area contributed by atoms with E-state index >= 15 is 0 Å². The van der Waals surface area contributed by atoms with Gasteiger partial charge in [0.2, 0.25) is 0 Å². The van der Waals surface area contributed by atoms with Crippen molar-refractivity contribution in [3.8, 4) is 0 Å². The predicted molar refractivity (Wildman–Crippen MR) is 49.2 cm³/mol. The van der Waals surface area contributed by atoms with E-state index < -0.39 is 12.6 Å². The molecule has 5 heteroatoms. The van der Waals surface area contributed by atoms with Crippen molar-refractivity contribution in [1.29, 1.82) is 0 Å². The Hall–Kier alpha value is -0.290. The number of halogens is 3. The molecule has 0 spiro atoms. The minimum atomic E-state index is -3.98. The summed E-state index contributed by atoms with van der Waals surface area (Å²) in [7, 11) is 0. The largest absolute Gasteiger partial charge is 0.389 e. The van der Waals surface area contributed by atoms with Gasteiger partial charge in [-0.3, -0.25) is 0 Å². The van der Waals surface area contributed by atoms with Crippen LogP contribution in [-0.4, -0.2) is 43.8 Å². The Kier molecular flexibility index (Phi) is 4.68. The van der Waals surface area contributed by atoms with Crippen molar-refractivity contribution in [2.24, 2.45) is 0 Å². The van der Waals surface area contributed by atoms with Gasteiger partial charge in [0, 0.05) is 32.6 Å². The number of nitrogens with one attached hydrogen (secondary N) is 1. The molecule has 0 aliphatic carbocycles. The van der Waals surface area contributed by atoms with E-state index in [4.69, 9.17) is 0 Å². The van der Waals surface area contributed by atoms with Gasteiger partial charge in [-0.05, 0) is 19.4 Å². The van der Waals surface area contributed by atoms with Gasteiger partial charge in [0.1, 0.15) is 0 Å². The van der Waals surface area contributed by atoms with Gasteiger partial charge >= 0.3 is 6.18 Å². The highest BCUT2D eigenvalue weighted by molar-refractivity contribution is 4.67. The van der Waals surface area contributed by atoms with Crippen molar-refractivity contribution in [1.82, 2.24) is 10.2 Å². The van der Waals surface area contributed by atoms with Gasteiger partial charge in [0.25, 0.3) is 0 Å². The maximum absolute atomic E-state index is 11.8. The Bertz CT molecular complexity index is 153. The highest BCUT2D eigenvalue weighted by atomic mass is 19.4. The molecule has 1 aliphatic heterocycles. The second kappa shape index (κ2) is 5.56. The van der Waals surface area contributed by atoms with Crippen LogP contribution in [0, 0.1) is 0 Å². The van der Waals surface area contributed by atoms with E-state index in [1.807, 2.05) is 0 Å². The fourth-order valence-corrected chi connectivity index (χ4v) is 1.60. The molecule has 2 nitrogen and oxygen atoms in total. The van der Waals surface area contributed by atoms with Gasteiger partial charge in [-0.1, -0.05) is 0 Å². The molecule has 1 N–H and O–H groups in total. The molecular formula is C9H17F3N2. The molecule has 84 valence electrons. The summed E-state index contributed by atoms with van der Waals surface area (Å²) in [5.74, 6) is 0. The first-order valence-corrected chi connectivity index (χ1v) is 5.08. The van der Waals surface area contributed by atoms with E-state index in [0.29, 0.717) is 6.42 Å². The van der Waals surface area contributed by atoms with E-state index in [2.05, 4.69) is 10.2 Å². The fraction of sp³-hybridized carbons (Fsp3) is 1.00. The Morgan fingerprint density at radius 3 is 2.29 bits per heavy atom. The van der Waals surface area contributed by atoms with Crippen molar-refractivity contribution in [3.05, 3.63) is 0 Å². The number of nitrogens with zero attached hydrogens (tertiary/aromatic N) is 1. The topological polar surface area (TPSA) is 15.3 Å². The summed E-state index contributed by atoms with van der Waals surface area (Å²) < 4.78 is 35.4. The molecule has 1 fully saturated rings. The summed E-state index contributed by atoms with van der Waals surface area (Å²) in [6.07, 6.45) is -3.71. The van der Waals surface area contributed by atoms with Gasteiger partial charge < -0.3 is 10.2 Å². The third-order valence-electron chi connectivity index (χ3n) is 2.39. The normalized spacial score (nSPS) is 19.9. The van der Waals surface area contributed by atoms with Crippen LogP contribution >= 0.6 is 0 Å². The van der Waals surface area contributed by atoms with Crippen LogP contribution in [0.1, 0.15) is 19.3 Å². The van der Waals surface area contributed by atoms with Crippen LogP contribution in [0.5, 0.6) is 0 Å². The quantitative estimate of drug-likeness (QED) is 0.709. The smallest absolute Gasteiger partial charge is 0.314 e. The van der Waals surface area contributed by atoms with Gasteiger partial charge in [0.15, 0.2) is 0 Å². The summed E-state index contributed by atoms with van der Waals surface area (Å²) in [5, 5.41) is 3.21. The van der Waals surface area contributed by atoms with E-state index in [0.717, 1.165) is 32.7 Å². The van der Waals surface area contributed by atoms with Gasteiger partial charge in [0.05, 0.1) is 0 Å². The van der Waals surface area contributed by atoms with Crippen LogP contribution in [0.15, 0.2) is 0 Å². The number of hydrogen-bond acceptors (Lipinski definition) is 2. The van der Waals surface area contributed by atoms with E-state index in [1.54, 1.807) is 0 Å². The molecular weight excluding hydrogens is 193 g/mol. The Morgan fingerprint density at radius 1 is 1.07 bits per heavy atom. The number of hydrogen-bond donors (Lipinski definition) is 1. The van der Waals surface area contributed by atoms with Crippen LogP contribution in [0.3, 0.4) is 0 Å². The van der Waals surface area contributed by atoms with Crippen LogP contribution in [0.25, 0.3) is 0 Å². The molecule has 1 heterocycles. The molecule has 0 bridgehead atoms. The summed E-state index contributed by atoms with van der Waals surface area (Å²) in [4.78, 5) is 2.22. The Balaban J connectivity index is 1.97. The average molecular weight is 210 g/mol. The lowest BCUT2D eigenvalue weighted by molar-refractivity contribution is -0.135. The molecule has 1 aliphatic rings. The van der Waals surface area contributed by atoms with E-state index in [1.165, 1.54) is 0 Å². The first kappa shape index (κ1) is 11.8. The maximum atomic E-state index is 11.8. The number of alkyl halides is 3. The van der Waals surface area contributed by atoms with Gasteiger partial charge in [-0.15, -0.1) is 0 Å². The van der Waals surface area contributed by atoms with Crippen LogP contribution in [0.4, 0.5) is 13.2 Å². The number of piperazine rings is 1. The minimum Gasteiger partial charge on any atom is -0.314 e. The third kappa shape index (κ3) is 5.44. The number of unbranched alkanes of at least 4 members (excludes halogenated alkanes) is 1. The SMILES string of the molecule is FC(F)(F)CCCCN1CCNCC1. The molecule has 0 aromatic carbocycles. The first-order valence-electron chi connectivity index (χ1n) is 5.08. The van der Waals surface area contributed by atoms with E-state index in [-0.39, 0.29) is 6.42 Å². The van der Waals surface area contributed by atoms with Crippen LogP contribution in [0.2, 0.25) is 0 Å². The third-order valence-corrected chi connectivity index (χ3v) is 2.39. The fourth-order valence-electron chi connectivity index (χ4n) is 1.60.